The first-order valence-electron chi connectivity index (χ1n) is 6.23. The van der Waals surface area contributed by atoms with E-state index in [-0.39, 0.29) is 24.8 Å². The Morgan fingerprint density at radius 2 is 1.60 bits per heavy atom. The topological polar surface area (TPSA) is 6.48 Å². The summed E-state index contributed by atoms with van der Waals surface area (Å²) in [7, 11) is 4.24. The van der Waals surface area contributed by atoms with Crippen molar-refractivity contribution >= 4 is 41.8 Å². The molecule has 0 atom stereocenters. The molecule has 0 saturated carbocycles. The highest BCUT2D eigenvalue weighted by molar-refractivity contribution is 7.09. The summed E-state index contributed by atoms with van der Waals surface area (Å²) >= 11 is 1.82. The molecule has 20 heavy (non-hydrogen) atoms. The molecule has 5 heteroatoms. The van der Waals surface area contributed by atoms with Crippen LogP contribution >= 0.6 is 36.2 Å². The van der Waals surface area contributed by atoms with Gasteiger partial charge in [0.2, 0.25) is 0 Å². The minimum atomic E-state index is 0. The van der Waals surface area contributed by atoms with Crippen LogP contribution in [0, 0.1) is 0 Å². The largest absolute Gasteiger partial charge is 0.365 e. The van der Waals surface area contributed by atoms with E-state index >= 15 is 0 Å². The second-order valence-corrected chi connectivity index (χ2v) is 5.67. The van der Waals surface area contributed by atoms with Crippen LogP contribution in [0.1, 0.15) is 4.88 Å². The van der Waals surface area contributed by atoms with E-state index in [0.717, 1.165) is 19.6 Å². The average molecular weight is 333 g/mol. The smallest absolute Gasteiger partial charge is 0.0523 e. The summed E-state index contributed by atoms with van der Waals surface area (Å²) in [6.07, 6.45) is 0. The van der Waals surface area contributed by atoms with Gasteiger partial charge in [-0.05, 0) is 37.7 Å². The normalized spacial score (nSPS) is 9.75. The van der Waals surface area contributed by atoms with E-state index in [9.17, 15) is 0 Å². The van der Waals surface area contributed by atoms with E-state index in [0.29, 0.717) is 0 Å². The quantitative estimate of drug-likeness (QED) is 0.783. The maximum Gasteiger partial charge on any atom is 0.0523 e. The van der Waals surface area contributed by atoms with Crippen molar-refractivity contribution in [1.29, 1.82) is 0 Å². The molecule has 0 aliphatic rings. The highest BCUT2D eigenvalue weighted by atomic mass is 35.5. The molecule has 0 spiro atoms. The van der Waals surface area contributed by atoms with Crippen molar-refractivity contribution in [3.8, 4) is 0 Å². The Morgan fingerprint density at radius 1 is 0.900 bits per heavy atom. The fourth-order valence-electron chi connectivity index (χ4n) is 1.85. The molecule has 2 aromatic rings. The highest BCUT2D eigenvalue weighted by Gasteiger charge is 2.07. The zero-order valence-electron chi connectivity index (χ0n) is 11.9. The third-order valence-electron chi connectivity index (χ3n) is 2.87. The summed E-state index contributed by atoms with van der Waals surface area (Å²) in [4.78, 5) is 6.08. The van der Waals surface area contributed by atoms with Gasteiger partial charge in [-0.2, -0.15) is 0 Å². The Morgan fingerprint density at radius 3 is 2.15 bits per heavy atom. The molecule has 0 saturated heterocycles. The number of hydrogen-bond donors (Lipinski definition) is 0. The Labute approximate surface area is 138 Å². The lowest BCUT2D eigenvalue weighted by molar-refractivity contribution is 0.413. The van der Waals surface area contributed by atoms with Gasteiger partial charge in [0.1, 0.15) is 0 Å². The Balaban J connectivity index is 0.00000180. The number of benzene rings is 1. The van der Waals surface area contributed by atoms with Crippen LogP contribution in [0.4, 0.5) is 5.69 Å². The van der Waals surface area contributed by atoms with Crippen molar-refractivity contribution in [3.63, 3.8) is 0 Å². The molecule has 0 N–H and O–H groups in total. The number of nitrogens with zero attached hydrogens (tertiary/aromatic N) is 2. The molecule has 1 aromatic heterocycles. The van der Waals surface area contributed by atoms with Gasteiger partial charge in [-0.25, -0.2) is 0 Å². The number of rotatable bonds is 6. The van der Waals surface area contributed by atoms with Crippen molar-refractivity contribution in [2.24, 2.45) is 0 Å². The lowest BCUT2D eigenvalue weighted by Gasteiger charge is -2.26. The average Bonchev–Trinajstić information content (AvgIpc) is 2.88. The Hall–Kier alpha value is -0.740. The SMILES string of the molecule is CN(C)CCN(Cc1cccs1)c1ccccc1.Cl.Cl. The summed E-state index contributed by atoms with van der Waals surface area (Å²) in [6, 6.07) is 15.0. The lowest BCUT2D eigenvalue weighted by atomic mass is 10.2. The van der Waals surface area contributed by atoms with E-state index < -0.39 is 0 Å². The van der Waals surface area contributed by atoms with Crippen LogP contribution in [-0.2, 0) is 6.54 Å². The standard InChI is InChI=1S/C15H20N2S.2ClH/c1-16(2)10-11-17(13-15-9-6-12-18-15)14-7-4-3-5-8-14;;/h3-9,12H,10-11,13H2,1-2H3;2*1H. The zero-order valence-corrected chi connectivity index (χ0v) is 14.3. The second-order valence-electron chi connectivity index (χ2n) is 4.64. The monoisotopic (exact) mass is 332 g/mol. The van der Waals surface area contributed by atoms with Gasteiger partial charge in [0.15, 0.2) is 0 Å². The van der Waals surface area contributed by atoms with E-state index in [1.165, 1.54) is 10.6 Å². The number of hydrogen-bond acceptors (Lipinski definition) is 3. The van der Waals surface area contributed by atoms with Gasteiger partial charge in [0.05, 0.1) is 6.54 Å². The van der Waals surface area contributed by atoms with E-state index in [2.05, 4.69) is 71.7 Å². The number of thiophene rings is 1. The number of para-hydroxylation sites is 1. The molecule has 0 unspecified atom stereocenters. The van der Waals surface area contributed by atoms with Gasteiger partial charge in [-0.3, -0.25) is 0 Å². The third-order valence-corrected chi connectivity index (χ3v) is 3.73. The molecule has 0 aliphatic heterocycles. The molecule has 1 heterocycles. The third kappa shape index (κ3) is 6.14. The predicted molar refractivity (Wildman–Crippen MR) is 94.9 cm³/mol. The first kappa shape index (κ1) is 19.3. The molecule has 2 rings (SSSR count). The maximum absolute atomic E-state index is 2.44. The fourth-order valence-corrected chi connectivity index (χ4v) is 2.57. The first-order valence-corrected chi connectivity index (χ1v) is 7.11. The minimum absolute atomic E-state index is 0. The van der Waals surface area contributed by atoms with E-state index in [1.807, 2.05) is 11.3 Å². The Bertz CT molecular complexity index is 446. The zero-order chi connectivity index (χ0) is 12.8. The van der Waals surface area contributed by atoms with Gasteiger partial charge in [-0.1, -0.05) is 24.3 Å². The van der Waals surface area contributed by atoms with Crippen LogP contribution in [0.15, 0.2) is 47.8 Å². The number of likely N-dealkylation sites (N-methyl/N-ethyl adjacent to an activating group) is 1. The van der Waals surface area contributed by atoms with Crippen molar-refractivity contribution in [3.05, 3.63) is 52.7 Å². The van der Waals surface area contributed by atoms with Crippen LogP contribution in [0.2, 0.25) is 0 Å². The molecule has 0 amide bonds. The van der Waals surface area contributed by atoms with E-state index in [4.69, 9.17) is 0 Å². The van der Waals surface area contributed by atoms with Gasteiger partial charge in [0, 0.05) is 23.7 Å². The van der Waals surface area contributed by atoms with Gasteiger partial charge in [-0.15, -0.1) is 36.2 Å². The van der Waals surface area contributed by atoms with Crippen LogP contribution in [0.25, 0.3) is 0 Å². The summed E-state index contributed by atoms with van der Waals surface area (Å²) in [6.45, 7) is 3.12. The van der Waals surface area contributed by atoms with Crippen LogP contribution in [-0.4, -0.2) is 32.1 Å². The summed E-state index contributed by atoms with van der Waals surface area (Å²) in [5.41, 5.74) is 1.30. The molecular formula is C15H22Cl2N2S. The van der Waals surface area contributed by atoms with Crippen molar-refractivity contribution in [2.45, 2.75) is 6.54 Å². The fraction of sp³-hybridized carbons (Fsp3) is 0.333. The predicted octanol–water partition coefficient (Wildman–Crippen LogP) is 4.16. The summed E-state index contributed by atoms with van der Waals surface area (Å²) < 4.78 is 0. The Kier molecular flexibility index (Phi) is 9.68. The van der Waals surface area contributed by atoms with Crippen LogP contribution in [0.5, 0.6) is 0 Å². The summed E-state index contributed by atoms with van der Waals surface area (Å²) in [5.74, 6) is 0. The van der Waals surface area contributed by atoms with Crippen molar-refractivity contribution < 1.29 is 0 Å². The molecule has 0 bridgehead atoms. The maximum atomic E-state index is 2.44. The molecule has 0 aliphatic carbocycles. The minimum Gasteiger partial charge on any atom is -0.365 e. The highest BCUT2D eigenvalue weighted by Crippen LogP contribution is 2.19. The van der Waals surface area contributed by atoms with Gasteiger partial charge < -0.3 is 9.80 Å². The molecule has 112 valence electrons. The molecule has 2 nitrogen and oxygen atoms in total. The number of anilines is 1. The molecule has 1 aromatic carbocycles. The van der Waals surface area contributed by atoms with Crippen LogP contribution < -0.4 is 4.90 Å². The lowest BCUT2D eigenvalue weighted by Crippen LogP contribution is -2.31. The van der Waals surface area contributed by atoms with Crippen molar-refractivity contribution in [2.75, 3.05) is 32.1 Å². The van der Waals surface area contributed by atoms with Crippen molar-refractivity contribution in [1.82, 2.24) is 4.90 Å². The number of halogens is 2. The van der Waals surface area contributed by atoms with E-state index in [1.54, 1.807) is 0 Å². The second kappa shape index (κ2) is 10.1. The first-order chi connectivity index (χ1) is 8.75. The summed E-state index contributed by atoms with van der Waals surface area (Å²) in [5, 5.41) is 2.14. The molecule has 0 fully saturated rings. The van der Waals surface area contributed by atoms with Gasteiger partial charge >= 0.3 is 0 Å². The molecular weight excluding hydrogens is 311 g/mol. The molecule has 0 radical (unpaired) electrons. The van der Waals surface area contributed by atoms with Crippen LogP contribution in [0.3, 0.4) is 0 Å². The van der Waals surface area contributed by atoms with Gasteiger partial charge in [0.25, 0.3) is 0 Å².